The summed E-state index contributed by atoms with van der Waals surface area (Å²) >= 11 is 0. The van der Waals surface area contributed by atoms with Crippen LogP contribution in [0.3, 0.4) is 0 Å². The number of nitriles is 1. The lowest BCUT2D eigenvalue weighted by Crippen LogP contribution is -2.40. The molecule has 1 aromatic carbocycles. The Bertz CT molecular complexity index is 621. The van der Waals surface area contributed by atoms with E-state index in [2.05, 4.69) is 5.32 Å². The number of rotatable bonds is 8. The third-order valence-corrected chi connectivity index (χ3v) is 2.99. The highest BCUT2D eigenvalue weighted by molar-refractivity contribution is 5.97. The molecule has 0 aromatic heterocycles. The number of aliphatic carboxylic acids is 1. The Morgan fingerprint density at radius 3 is 2.70 bits per heavy atom. The van der Waals surface area contributed by atoms with Gasteiger partial charge in [-0.25, -0.2) is 4.79 Å². The molecule has 2 N–H and O–H groups in total. The molecule has 1 atom stereocenters. The molecule has 7 nitrogen and oxygen atoms in total. The van der Waals surface area contributed by atoms with E-state index in [1.165, 1.54) is 31.2 Å². The van der Waals surface area contributed by atoms with Gasteiger partial charge in [0.1, 0.15) is 11.8 Å². The fraction of sp³-hybridized carbons (Fsp3) is 0.375. The number of carboxylic acid groups (broad SMARTS) is 1. The van der Waals surface area contributed by atoms with Crippen LogP contribution in [0, 0.1) is 11.3 Å². The van der Waals surface area contributed by atoms with Gasteiger partial charge in [-0.15, -0.1) is 0 Å². The van der Waals surface area contributed by atoms with Crippen molar-refractivity contribution >= 4 is 17.8 Å². The van der Waals surface area contributed by atoms with E-state index in [1.807, 2.05) is 6.07 Å². The van der Waals surface area contributed by atoms with Gasteiger partial charge in [0.2, 0.25) is 0 Å². The lowest BCUT2D eigenvalue weighted by atomic mass is 10.1. The fourth-order valence-electron chi connectivity index (χ4n) is 1.92. The summed E-state index contributed by atoms with van der Waals surface area (Å²) in [6.07, 6.45) is 1.70. The van der Waals surface area contributed by atoms with E-state index in [9.17, 15) is 14.4 Å². The number of amides is 1. The van der Waals surface area contributed by atoms with E-state index in [1.54, 1.807) is 0 Å². The van der Waals surface area contributed by atoms with Gasteiger partial charge in [-0.1, -0.05) is 6.07 Å². The lowest BCUT2D eigenvalue weighted by molar-refractivity contribution is -0.139. The summed E-state index contributed by atoms with van der Waals surface area (Å²) in [6.45, 7) is 1.24. The number of hydrogen-bond acceptors (Lipinski definition) is 5. The predicted octanol–water partition coefficient (Wildman–Crippen LogP) is 1.88. The zero-order valence-corrected chi connectivity index (χ0v) is 12.7. The van der Waals surface area contributed by atoms with E-state index in [-0.39, 0.29) is 17.7 Å². The highest BCUT2D eigenvalue weighted by atomic mass is 16.5. The number of unbranched alkanes of at least 4 members (excludes halogenated alkanes) is 2. The van der Waals surface area contributed by atoms with Gasteiger partial charge in [0.15, 0.2) is 0 Å². The summed E-state index contributed by atoms with van der Waals surface area (Å²) in [7, 11) is 0. The number of esters is 1. The number of nitrogens with one attached hydrogen (secondary N) is 1. The first kappa shape index (κ1) is 18.2. The monoisotopic (exact) mass is 318 g/mol. The van der Waals surface area contributed by atoms with Crippen LogP contribution in [0.4, 0.5) is 0 Å². The van der Waals surface area contributed by atoms with Gasteiger partial charge in [0.05, 0.1) is 6.07 Å². The van der Waals surface area contributed by atoms with Crippen LogP contribution in [0.5, 0.6) is 5.75 Å². The Hall–Kier alpha value is -2.88. The van der Waals surface area contributed by atoms with Gasteiger partial charge in [-0.3, -0.25) is 9.59 Å². The number of carbonyl (C=O) groups is 3. The molecule has 0 bridgehead atoms. The van der Waals surface area contributed by atoms with Gasteiger partial charge in [0.25, 0.3) is 5.91 Å². The first-order chi connectivity index (χ1) is 10.9. The average molecular weight is 318 g/mol. The minimum atomic E-state index is -1.13. The molecule has 0 saturated heterocycles. The smallest absolute Gasteiger partial charge is 0.326 e. The minimum absolute atomic E-state index is 0.201. The highest BCUT2D eigenvalue weighted by Gasteiger charge is 2.20. The Labute approximate surface area is 133 Å². The Morgan fingerprint density at radius 1 is 1.35 bits per heavy atom. The molecule has 0 spiro atoms. The van der Waals surface area contributed by atoms with Gasteiger partial charge in [0, 0.05) is 18.9 Å². The summed E-state index contributed by atoms with van der Waals surface area (Å²) in [4.78, 5) is 34.2. The van der Waals surface area contributed by atoms with E-state index in [0.717, 1.165) is 0 Å². The van der Waals surface area contributed by atoms with Gasteiger partial charge in [-0.2, -0.15) is 5.26 Å². The highest BCUT2D eigenvalue weighted by Crippen LogP contribution is 2.14. The zero-order valence-electron chi connectivity index (χ0n) is 12.7. The van der Waals surface area contributed by atoms with Crippen LogP contribution in [0.15, 0.2) is 24.3 Å². The molecule has 0 fully saturated rings. The summed E-state index contributed by atoms with van der Waals surface area (Å²) in [6, 6.07) is 6.88. The fourth-order valence-corrected chi connectivity index (χ4v) is 1.92. The zero-order chi connectivity index (χ0) is 17.2. The molecular formula is C16H18N2O5. The van der Waals surface area contributed by atoms with E-state index in [4.69, 9.17) is 15.1 Å². The van der Waals surface area contributed by atoms with Crippen molar-refractivity contribution in [2.45, 2.75) is 38.6 Å². The van der Waals surface area contributed by atoms with Crippen LogP contribution in [0.25, 0.3) is 0 Å². The van der Waals surface area contributed by atoms with Crippen molar-refractivity contribution in [2.24, 2.45) is 0 Å². The molecule has 0 saturated carbocycles. The molecule has 0 heterocycles. The maximum atomic E-state index is 12.1. The van der Waals surface area contributed by atoms with E-state index >= 15 is 0 Å². The molecule has 1 aromatic rings. The van der Waals surface area contributed by atoms with E-state index in [0.29, 0.717) is 19.3 Å². The van der Waals surface area contributed by atoms with Crippen molar-refractivity contribution in [3.05, 3.63) is 29.8 Å². The normalized spacial score (nSPS) is 11.1. The van der Waals surface area contributed by atoms with Crippen LogP contribution in [-0.2, 0) is 9.59 Å². The van der Waals surface area contributed by atoms with Crippen molar-refractivity contribution in [1.29, 1.82) is 5.26 Å². The Kier molecular flexibility index (Phi) is 7.27. The minimum Gasteiger partial charge on any atom is -0.480 e. The molecule has 0 aliphatic heterocycles. The number of carbonyl (C=O) groups excluding carboxylic acids is 2. The Morgan fingerprint density at radius 2 is 2.09 bits per heavy atom. The molecule has 1 rings (SSSR count). The number of ether oxygens (including phenoxy) is 1. The number of benzene rings is 1. The van der Waals surface area contributed by atoms with E-state index < -0.39 is 23.9 Å². The second kappa shape index (κ2) is 9.20. The molecule has 0 unspecified atom stereocenters. The van der Waals surface area contributed by atoms with Crippen molar-refractivity contribution in [3.63, 3.8) is 0 Å². The second-order valence-electron chi connectivity index (χ2n) is 4.89. The van der Waals surface area contributed by atoms with Gasteiger partial charge < -0.3 is 15.2 Å². The van der Waals surface area contributed by atoms with Crippen molar-refractivity contribution in [3.8, 4) is 11.8 Å². The number of carboxylic acids is 1. The van der Waals surface area contributed by atoms with Crippen molar-refractivity contribution < 1.29 is 24.2 Å². The maximum absolute atomic E-state index is 12.1. The van der Waals surface area contributed by atoms with Gasteiger partial charge in [-0.05, 0) is 37.5 Å². The number of nitrogens with zero attached hydrogens (tertiary/aromatic N) is 1. The predicted molar refractivity (Wildman–Crippen MR) is 80.7 cm³/mol. The lowest BCUT2D eigenvalue weighted by Gasteiger charge is -2.14. The molecule has 1 amide bonds. The third kappa shape index (κ3) is 6.61. The quantitative estimate of drug-likeness (QED) is 0.429. The van der Waals surface area contributed by atoms with Crippen LogP contribution in [0.2, 0.25) is 0 Å². The Balaban J connectivity index is 2.69. The SMILES string of the molecule is CC(=O)Oc1cccc(C(=O)N[C@@H](CCCCC#N)C(=O)O)c1. The van der Waals surface area contributed by atoms with Crippen LogP contribution >= 0.6 is 0 Å². The topological polar surface area (TPSA) is 116 Å². The second-order valence-corrected chi connectivity index (χ2v) is 4.89. The van der Waals surface area contributed by atoms with Crippen molar-refractivity contribution in [2.75, 3.05) is 0 Å². The van der Waals surface area contributed by atoms with Crippen LogP contribution < -0.4 is 10.1 Å². The first-order valence-electron chi connectivity index (χ1n) is 7.13. The molecule has 0 aliphatic carbocycles. The summed E-state index contributed by atoms with van der Waals surface area (Å²) < 4.78 is 4.88. The standard InChI is InChI=1S/C16H18N2O5/c1-11(19)23-13-7-5-6-12(10-13)15(20)18-14(16(21)22)8-3-2-4-9-17/h5-7,10,14H,2-4,8H2,1H3,(H,18,20)(H,21,22)/t14-/m0/s1. The average Bonchev–Trinajstić information content (AvgIpc) is 2.49. The van der Waals surface area contributed by atoms with Crippen LogP contribution in [0.1, 0.15) is 43.0 Å². The summed E-state index contributed by atoms with van der Waals surface area (Å²) in [5.41, 5.74) is 0.201. The number of hydrogen-bond donors (Lipinski definition) is 2. The largest absolute Gasteiger partial charge is 0.480 e. The summed E-state index contributed by atoms with van der Waals surface area (Å²) in [5.74, 6) is -1.99. The third-order valence-electron chi connectivity index (χ3n) is 2.99. The van der Waals surface area contributed by atoms with Gasteiger partial charge >= 0.3 is 11.9 Å². The molecule has 0 radical (unpaired) electrons. The molecule has 23 heavy (non-hydrogen) atoms. The van der Waals surface area contributed by atoms with Crippen LogP contribution in [-0.4, -0.2) is 29.0 Å². The maximum Gasteiger partial charge on any atom is 0.326 e. The first-order valence-corrected chi connectivity index (χ1v) is 7.13. The molecule has 122 valence electrons. The molecule has 7 heteroatoms. The summed E-state index contributed by atoms with van der Waals surface area (Å²) in [5, 5.41) is 20.0. The molecule has 0 aliphatic rings. The molecular weight excluding hydrogens is 300 g/mol. The van der Waals surface area contributed by atoms with Crippen molar-refractivity contribution in [1.82, 2.24) is 5.32 Å².